The molecule has 0 atom stereocenters. The first kappa shape index (κ1) is 17.9. The van der Waals surface area contributed by atoms with Gasteiger partial charge in [-0.05, 0) is 43.7 Å². The van der Waals surface area contributed by atoms with Crippen molar-refractivity contribution in [2.45, 2.75) is 24.8 Å². The number of hydrogen-bond donors (Lipinski definition) is 0. The molecule has 0 aliphatic carbocycles. The fraction of sp³-hybridized carbons (Fsp3) is 0.211. The molecular weight excluding hydrogens is 385 g/mol. The lowest BCUT2D eigenvalue weighted by molar-refractivity contribution is 0.529. The topological polar surface area (TPSA) is 60.9 Å². The summed E-state index contributed by atoms with van der Waals surface area (Å²) >= 11 is 2.93. The van der Waals surface area contributed by atoms with Crippen LogP contribution in [0.3, 0.4) is 0 Å². The number of aromatic nitrogens is 3. The summed E-state index contributed by atoms with van der Waals surface area (Å²) in [4.78, 5) is 23.4. The predicted octanol–water partition coefficient (Wildman–Crippen LogP) is 4.70. The molecule has 27 heavy (non-hydrogen) atoms. The van der Waals surface area contributed by atoms with Gasteiger partial charge in [0, 0.05) is 17.5 Å². The van der Waals surface area contributed by atoms with Gasteiger partial charge in [-0.2, -0.15) is 0 Å². The van der Waals surface area contributed by atoms with E-state index in [0.29, 0.717) is 27.9 Å². The van der Waals surface area contributed by atoms with Crippen LogP contribution in [-0.2, 0) is 12.8 Å². The summed E-state index contributed by atoms with van der Waals surface area (Å²) in [6.45, 7) is 3.95. The number of hydrogen-bond acceptors (Lipinski definition) is 6. The first-order valence-corrected chi connectivity index (χ1v) is 10.0. The number of fused-ring (bicyclic) bond motifs is 1. The fourth-order valence-corrected chi connectivity index (χ4v) is 4.63. The SMILES string of the molecule is Cc1sc2nc(SCc3ncc(-c4ccc(F)cc4)o3)n(C)c(=O)c2c1C. The van der Waals surface area contributed by atoms with Gasteiger partial charge in [0.05, 0.1) is 17.3 Å². The zero-order valence-corrected chi connectivity index (χ0v) is 16.6. The molecule has 0 amide bonds. The molecule has 5 nitrogen and oxygen atoms in total. The Morgan fingerprint density at radius 3 is 2.74 bits per heavy atom. The van der Waals surface area contributed by atoms with Crippen molar-refractivity contribution in [3.8, 4) is 11.3 Å². The van der Waals surface area contributed by atoms with Gasteiger partial charge in [0.25, 0.3) is 5.56 Å². The van der Waals surface area contributed by atoms with Crippen molar-refractivity contribution in [2.24, 2.45) is 7.05 Å². The van der Waals surface area contributed by atoms with Gasteiger partial charge in [-0.25, -0.2) is 14.4 Å². The summed E-state index contributed by atoms with van der Waals surface area (Å²) in [6, 6.07) is 6.05. The highest BCUT2D eigenvalue weighted by Crippen LogP contribution is 2.29. The van der Waals surface area contributed by atoms with Gasteiger partial charge in [0.1, 0.15) is 10.6 Å². The second kappa shape index (κ2) is 6.94. The van der Waals surface area contributed by atoms with Crippen LogP contribution in [0.25, 0.3) is 21.5 Å². The van der Waals surface area contributed by atoms with Gasteiger partial charge >= 0.3 is 0 Å². The minimum Gasteiger partial charge on any atom is -0.440 e. The standard InChI is InChI=1S/C19H16FN3O2S2/c1-10-11(2)27-17-16(10)18(24)23(3)19(22-17)26-9-15-21-8-14(25-15)12-4-6-13(20)7-5-12/h4-8H,9H2,1-3H3. The molecule has 138 valence electrons. The Morgan fingerprint density at radius 2 is 2.00 bits per heavy atom. The Hall–Kier alpha value is -2.45. The predicted molar refractivity (Wildman–Crippen MR) is 106 cm³/mol. The Labute approximate surface area is 162 Å². The van der Waals surface area contributed by atoms with Crippen LogP contribution in [0, 0.1) is 19.7 Å². The minimum absolute atomic E-state index is 0.0382. The number of oxazole rings is 1. The van der Waals surface area contributed by atoms with E-state index in [4.69, 9.17) is 4.42 Å². The molecule has 0 spiro atoms. The van der Waals surface area contributed by atoms with E-state index in [2.05, 4.69) is 9.97 Å². The van der Waals surface area contributed by atoms with Crippen molar-refractivity contribution in [2.75, 3.05) is 0 Å². The number of halogens is 1. The first-order valence-electron chi connectivity index (χ1n) is 8.24. The first-order chi connectivity index (χ1) is 12.9. The van der Waals surface area contributed by atoms with Crippen LogP contribution < -0.4 is 5.56 Å². The second-order valence-corrected chi connectivity index (χ2v) is 8.28. The third kappa shape index (κ3) is 3.30. The normalized spacial score (nSPS) is 11.4. The lowest BCUT2D eigenvalue weighted by atomic mass is 10.2. The van der Waals surface area contributed by atoms with E-state index in [1.165, 1.54) is 35.2 Å². The van der Waals surface area contributed by atoms with Crippen LogP contribution in [0.5, 0.6) is 0 Å². The van der Waals surface area contributed by atoms with Gasteiger partial charge in [0.15, 0.2) is 10.9 Å². The molecule has 4 aromatic rings. The Bertz CT molecular complexity index is 1190. The van der Waals surface area contributed by atoms with Crippen LogP contribution in [0.4, 0.5) is 4.39 Å². The van der Waals surface area contributed by atoms with Crippen molar-refractivity contribution in [1.29, 1.82) is 0 Å². The smallest absolute Gasteiger partial charge is 0.262 e. The molecule has 0 saturated carbocycles. The van der Waals surface area contributed by atoms with E-state index < -0.39 is 0 Å². The number of nitrogens with zero attached hydrogens (tertiary/aromatic N) is 3. The fourth-order valence-electron chi connectivity index (χ4n) is 2.74. The van der Waals surface area contributed by atoms with Crippen molar-refractivity contribution in [3.05, 3.63) is 63.0 Å². The van der Waals surface area contributed by atoms with Crippen molar-refractivity contribution < 1.29 is 8.81 Å². The number of aryl methyl sites for hydroxylation is 2. The van der Waals surface area contributed by atoms with Crippen LogP contribution in [0.2, 0.25) is 0 Å². The molecule has 4 rings (SSSR count). The van der Waals surface area contributed by atoms with Gasteiger partial charge in [0.2, 0.25) is 5.89 Å². The highest BCUT2D eigenvalue weighted by atomic mass is 32.2. The summed E-state index contributed by atoms with van der Waals surface area (Å²) in [6.07, 6.45) is 1.62. The van der Waals surface area contributed by atoms with E-state index >= 15 is 0 Å². The molecule has 0 bridgehead atoms. The summed E-state index contributed by atoms with van der Waals surface area (Å²) in [5.74, 6) is 1.24. The number of rotatable bonds is 4. The molecule has 0 unspecified atom stereocenters. The van der Waals surface area contributed by atoms with E-state index in [1.807, 2.05) is 13.8 Å². The average Bonchev–Trinajstić information content (AvgIpc) is 3.23. The molecular formula is C19H16FN3O2S2. The highest BCUT2D eigenvalue weighted by molar-refractivity contribution is 7.98. The Morgan fingerprint density at radius 1 is 1.26 bits per heavy atom. The Kier molecular flexibility index (Phi) is 4.61. The molecule has 3 heterocycles. The van der Waals surface area contributed by atoms with Crippen LogP contribution in [0.1, 0.15) is 16.3 Å². The van der Waals surface area contributed by atoms with Crippen LogP contribution >= 0.6 is 23.1 Å². The molecule has 0 aliphatic heterocycles. The number of thiophene rings is 1. The van der Waals surface area contributed by atoms with Crippen LogP contribution in [-0.4, -0.2) is 14.5 Å². The van der Waals surface area contributed by atoms with E-state index in [1.54, 1.807) is 29.9 Å². The van der Waals surface area contributed by atoms with E-state index in [9.17, 15) is 9.18 Å². The summed E-state index contributed by atoms with van der Waals surface area (Å²) in [5, 5.41) is 1.31. The lowest BCUT2D eigenvalue weighted by Crippen LogP contribution is -2.19. The highest BCUT2D eigenvalue weighted by Gasteiger charge is 2.16. The number of thioether (sulfide) groups is 1. The quantitative estimate of drug-likeness (QED) is 0.366. The average molecular weight is 401 g/mol. The monoisotopic (exact) mass is 401 g/mol. The summed E-state index contributed by atoms with van der Waals surface area (Å²) in [5.41, 5.74) is 1.72. The number of benzene rings is 1. The van der Waals surface area contributed by atoms with E-state index in [0.717, 1.165) is 20.8 Å². The largest absolute Gasteiger partial charge is 0.440 e. The molecule has 0 aliphatic rings. The molecule has 0 radical (unpaired) electrons. The molecule has 1 aromatic carbocycles. The van der Waals surface area contributed by atoms with Gasteiger partial charge in [-0.15, -0.1) is 11.3 Å². The van der Waals surface area contributed by atoms with Crippen molar-refractivity contribution in [3.63, 3.8) is 0 Å². The van der Waals surface area contributed by atoms with Crippen LogP contribution in [0.15, 0.2) is 44.8 Å². The Balaban J connectivity index is 1.58. The van der Waals surface area contributed by atoms with Gasteiger partial charge in [-0.3, -0.25) is 9.36 Å². The zero-order valence-electron chi connectivity index (χ0n) is 14.9. The molecule has 0 N–H and O–H groups in total. The molecule has 0 saturated heterocycles. The molecule has 8 heteroatoms. The van der Waals surface area contributed by atoms with Crippen molar-refractivity contribution >= 4 is 33.3 Å². The maximum Gasteiger partial charge on any atom is 0.262 e. The van der Waals surface area contributed by atoms with Gasteiger partial charge in [-0.1, -0.05) is 11.8 Å². The third-order valence-corrected chi connectivity index (χ3v) is 6.49. The second-order valence-electron chi connectivity index (χ2n) is 6.14. The maximum atomic E-state index is 13.0. The molecule has 0 fully saturated rings. The third-order valence-electron chi connectivity index (χ3n) is 4.38. The lowest BCUT2D eigenvalue weighted by Gasteiger charge is -2.06. The summed E-state index contributed by atoms with van der Waals surface area (Å²) < 4.78 is 20.4. The van der Waals surface area contributed by atoms with Gasteiger partial charge < -0.3 is 4.42 Å². The summed E-state index contributed by atoms with van der Waals surface area (Å²) in [7, 11) is 1.73. The maximum absolute atomic E-state index is 13.0. The van der Waals surface area contributed by atoms with E-state index in [-0.39, 0.29) is 11.4 Å². The molecule has 3 aromatic heterocycles. The van der Waals surface area contributed by atoms with Crippen molar-refractivity contribution in [1.82, 2.24) is 14.5 Å². The zero-order chi connectivity index (χ0) is 19.1. The minimum atomic E-state index is -0.296.